The van der Waals surface area contributed by atoms with Crippen molar-refractivity contribution in [1.82, 2.24) is 0 Å². The molecule has 90 valence electrons. The van der Waals surface area contributed by atoms with Gasteiger partial charge in [0.05, 0.1) is 6.10 Å². The summed E-state index contributed by atoms with van der Waals surface area (Å²) >= 11 is 5.73. The normalized spacial score (nSPS) is 22.5. The van der Waals surface area contributed by atoms with Crippen LogP contribution < -0.4 is 0 Å². The van der Waals surface area contributed by atoms with E-state index in [1.54, 1.807) is 0 Å². The van der Waals surface area contributed by atoms with Gasteiger partial charge in [0, 0.05) is 21.2 Å². The Morgan fingerprint density at radius 2 is 2.44 bits per heavy atom. The van der Waals surface area contributed by atoms with Crippen molar-refractivity contribution in [2.75, 3.05) is 6.61 Å². The van der Waals surface area contributed by atoms with E-state index in [1.165, 1.54) is 35.4 Å². The van der Waals surface area contributed by atoms with Gasteiger partial charge in [0.2, 0.25) is 0 Å². The summed E-state index contributed by atoms with van der Waals surface area (Å²) in [5, 5.41) is 0. The summed E-state index contributed by atoms with van der Waals surface area (Å²) in [6, 6.07) is 4.51. The van der Waals surface area contributed by atoms with Crippen LogP contribution in [0.3, 0.4) is 0 Å². The molecule has 2 heterocycles. The highest BCUT2D eigenvalue weighted by Gasteiger charge is 2.18. The SMILES string of the molecule is CCc1ccc(C(Br)CCC2CCCO2)s1. The molecule has 1 fully saturated rings. The Bertz CT molecular complexity index is 317. The summed E-state index contributed by atoms with van der Waals surface area (Å²) in [7, 11) is 0. The number of thiophene rings is 1. The van der Waals surface area contributed by atoms with E-state index in [1.807, 2.05) is 11.3 Å². The van der Waals surface area contributed by atoms with Crippen LogP contribution in [0, 0.1) is 0 Å². The van der Waals surface area contributed by atoms with Crippen molar-refractivity contribution in [2.45, 2.75) is 50.0 Å². The molecule has 0 N–H and O–H groups in total. The fourth-order valence-corrected chi connectivity index (χ4v) is 3.76. The molecule has 1 aromatic rings. The minimum Gasteiger partial charge on any atom is -0.378 e. The predicted octanol–water partition coefficient (Wildman–Crippen LogP) is 4.71. The molecule has 16 heavy (non-hydrogen) atoms. The summed E-state index contributed by atoms with van der Waals surface area (Å²) < 4.78 is 5.65. The van der Waals surface area contributed by atoms with Gasteiger partial charge in [-0.1, -0.05) is 22.9 Å². The van der Waals surface area contributed by atoms with Gasteiger partial charge in [-0.15, -0.1) is 11.3 Å². The first-order valence-electron chi connectivity index (χ1n) is 6.14. The van der Waals surface area contributed by atoms with Gasteiger partial charge >= 0.3 is 0 Å². The molecule has 0 amide bonds. The van der Waals surface area contributed by atoms with Crippen LogP contribution in [0.15, 0.2) is 12.1 Å². The highest BCUT2D eigenvalue weighted by Crippen LogP contribution is 2.34. The number of hydrogen-bond acceptors (Lipinski definition) is 2. The minimum atomic E-state index is 0.516. The molecule has 3 heteroatoms. The van der Waals surface area contributed by atoms with Gasteiger partial charge in [-0.3, -0.25) is 0 Å². The molecule has 1 aliphatic rings. The van der Waals surface area contributed by atoms with E-state index in [0.717, 1.165) is 13.0 Å². The second-order valence-electron chi connectivity index (χ2n) is 4.34. The van der Waals surface area contributed by atoms with Crippen molar-refractivity contribution >= 4 is 27.3 Å². The maximum Gasteiger partial charge on any atom is 0.0576 e. The average Bonchev–Trinajstić information content (AvgIpc) is 2.96. The van der Waals surface area contributed by atoms with Crippen molar-refractivity contribution in [3.05, 3.63) is 21.9 Å². The Morgan fingerprint density at radius 1 is 1.56 bits per heavy atom. The van der Waals surface area contributed by atoms with Crippen LogP contribution in [0.1, 0.15) is 47.2 Å². The Hall–Kier alpha value is 0.140. The van der Waals surface area contributed by atoms with Crippen LogP contribution in [0.5, 0.6) is 0 Å². The molecular weight excluding hydrogens is 284 g/mol. The summed E-state index contributed by atoms with van der Waals surface area (Å²) in [5.41, 5.74) is 0. The van der Waals surface area contributed by atoms with Crippen LogP contribution in [0.25, 0.3) is 0 Å². The topological polar surface area (TPSA) is 9.23 Å². The quantitative estimate of drug-likeness (QED) is 0.716. The molecule has 1 saturated heterocycles. The summed E-state index contributed by atoms with van der Waals surface area (Å²) in [6.07, 6.45) is 6.55. The molecule has 0 bridgehead atoms. The number of rotatable bonds is 5. The number of alkyl halides is 1. The molecule has 2 unspecified atom stereocenters. The van der Waals surface area contributed by atoms with Gasteiger partial charge in [-0.05, 0) is 44.2 Å². The average molecular weight is 303 g/mol. The first-order valence-corrected chi connectivity index (χ1v) is 7.87. The van der Waals surface area contributed by atoms with Crippen molar-refractivity contribution in [2.24, 2.45) is 0 Å². The Kier molecular flexibility index (Phi) is 4.86. The van der Waals surface area contributed by atoms with Crippen LogP contribution in [-0.2, 0) is 11.2 Å². The van der Waals surface area contributed by atoms with Gasteiger partial charge in [-0.25, -0.2) is 0 Å². The van der Waals surface area contributed by atoms with E-state index < -0.39 is 0 Å². The third kappa shape index (κ3) is 3.31. The number of halogens is 1. The summed E-state index contributed by atoms with van der Waals surface area (Å²) in [5.74, 6) is 0. The van der Waals surface area contributed by atoms with Crippen LogP contribution in [-0.4, -0.2) is 12.7 Å². The molecule has 1 nitrogen and oxygen atoms in total. The lowest BCUT2D eigenvalue weighted by Gasteiger charge is -2.12. The van der Waals surface area contributed by atoms with Crippen molar-refractivity contribution in [1.29, 1.82) is 0 Å². The van der Waals surface area contributed by atoms with Gasteiger partial charge in [0.15, 0.2) is 0 Å². The second-order valence-corrected chi connectivity index (χ2v) is 6.64. The van der Waals surface area contributed by atoms with Crippen LogP contribution in [0.4, 0.5) is 0 Å². The molecule has 2 atom stereocenters. The zero-order chi connectivity index (χ0) is 11.4. The molecule has 0 aliphatic carbocycles. The smallest absolute Gasteiger partial charge is 0.0576 e. The predicted molar refractivity (Wildman–Crippen MR) is 73.6 cm³/mol. The molecule has 0 aromatic carbocycles. The zero-order valence-corrected chi connectivity index (χ0v) is 12.1. The molecule has 1 aromatic heterocycles. The molecule has 1 aliphatic heterocycles. The van der Waals surface area contributed by atoms with Gasteiger partial charge < -0.3 is 4.74 Å². The van der Waals surface area contributed by atoms with Crippen LogP contribution in [0.2, 0.25) is 0 Å². The second kappa shape index (κ2) is 6.18. The highest BCUT2D eigenvalue weighted by molar-refractivity contribution is 9.09. The lowest BCUT2D eigenvalue weighted by Crippen LogP contribution is -2.05. The van der Waals surface area contributed by atoms with E-state index in [-0.39, 0.29) is 0 Å². The summed E-state index contributed by atoms with van der Waals surface area (Å²) in [6.45, 7) is 3.18. The Labute approximate surface area is 110 Å². The van der Waals surface area contributed by atoms with Crippen molar-refractivity contribution in [3.63, 3.8) is 0 Å². The highest BCUT2D eigenvalue weighted by atomic mass is 79.9. The first kappa shape index (κ1) is 12.6. The van der Waals surface area contributed by atoms with Crippen molar-refractivity contribution < 1.29 is 4.74 Å². The largest absolute Gasteiger partial charge is 0.378 e. The maximum atomic E-state index is 5.65. The van der Waals surface area contributed by atoms with E-state index in [4.69, 9.17) is 4.74 Å². The standard InChI is InChI=1S/C13H19BrOS/c1-2-11-6-8-13(16-11)12(14)7-5-10-4-3-9-15-10/h6,8,10,12H,2-5,7,9H2,1H3. The van der Waals surface area contributed by atoms with E-state index in [2.05, 4.69) is 35.0 Å². The Morgan fingerprint density at radius 3 is 3.06 bits per heavy atom. The third-order valence-corrected chi connectivity index (χ3v) is 5.70. The lowest BCUT2D eigenvalue weighted by atomic mass is 10.1. The van der Waals surface area contributed by atoms with Gasteiger partial charge in [0.25, 0.3) is 0 Å². The Balaban J connectivity index is 1.80. The lowest BCUT2D eigenvalue weighted by molar-refractivity contribution is 0.102. The number of aryl methyl sites for hydroxylation is 1. The first-order chi connectivity index (χ1) is 7.79. The molecule has 0 radical (unpaired) electrons. The van der Waals surface area contributed by atoms with E-state index in [9.17, 15) is 0 Å². The fourth-order valence-electron chi connectivity index (χ4n) is 2.10. The molecule has 0 spiro atoms. The minimum absolute atomic E-state index is 0.516. The van der Waals surface area contributed by atoms with E-state index >= 15 is 0 Å². The van der Waals surface area contributed by atoms with Crippen LogP contribution >= 0.6 is 27.3 Å². The zero-order valence-electron chi connectivity index (χ0n) is 9.75. The third-order valence-electron chi connectivity index (χ3n) is 3.11. The number of hydrogen-bond donors (Lipinski definition) is 0. The number of ether oxygens (including phenoxy) is 1. The van der Waals surface area contributed by atoms with Gasteiger partial charge in [0.1, 0.15) is 0 Å². The monoisotopic (exact) mass is 302 g/mol. The summed E-state index contributed by atoms with van der Waals surface area (Å²) in [4.78, 5) is 3.47. The van der Waals surface area contributed by atoms with E-state index in [0.29, 0.717) is 10.9 Å². The fraction of sp³-hybridized carbons (Fsp3) is 0.692. The van der Waals surface area contributed by atoms with Gasteiger partial charge in [-0.2, -0.15) is 0 Å². The maximum absolute atomic E-state index is 5.65. The van der Waals surface area contributed by atoms with Crippen molar-refractivity contribution in [3.8, 4) is 0 Å². The molecule has 0 saturated carbocycles. The molecular formula is C13H19BrOS. The molecule has 2 rings (SSSR count).